The molecule has 212 valence electrons. The van der Waals surface area contributed by atoms with E-state index >= 15 is 0 Å². The third kappa shape index (κ3) is 5.79. The standard InChI is InChI=1S/C29H31N3O6S.ClH/c1-19(2)38-22-5-7-23(8-6-22)39(35,36)32-13-11-21(16-32)26-17-31(18-29(33)34)27-14-20(4-9-24(26)27)25-15-30-12-10-28(25)37-3;/h4-10,12,14-15,17,19,21H,11,13,16,18H2,1-3H3,(H,33,34);1H. The van der Waals surface area contributed by atoms with Crippen LogP contribution in [0, 0.1) is 0 Å². The molecule has 5 rings (SSSR count). The first kappa shape index (κ1) is 29.4. The van der Waals surface area contributed by atoms with Gasteiger partial charge in [-0.3, -0.25) is 9.78 Å². The molecule has 0 saturated carbocycles. The number of hydrogen-bond acceptors (Lipinski definition) is 6. The van der Waals surface area contributed by atoms with Gasteiger partial charge in [-0.1, -0.05) is 12.1 Å². The first-order chi connectivity index (χ1) is 18.7. The smallest absolute Gasteiger partial charge is 0.323 e. The molecule has 1 aliphatic rings. The second kappa shape index (κ2) is 11.9. The number of carbonyl (C=O) groups is 1. The van der Waals surface area contributed by atoms with Crippen molar-refractivity contribution in [1.82, 2.24) is 13.9 Å². The zero-order valence-corrected chi connectivity index (χ0v) is 24.1. The van der Waals surface area contributed by atoms with Crippen molar-refractivity contribution in [2.24, 2.45) is 0 Å². The second-order valence-corrected chi connectivity index (χ2v) is 11.8. The predicted molar refractivity (Wildman–Crippen MR) is 155 cm³/mol. The normalized spacial score (nSPS) is 15.8. The maximum atomic E-state index is 13.4. The minimum atomic E-state index is -3.68. The summed E-state index contributed by atoms with van der Waals surface area (Å²) in [5.74, 6) is 0.266. The van der Waals surface area contributed by atoms with Gasteiger partial charge in [-0.25, -0.2) is 8.42 Å². The topological polar surface area (TPSA) is 111 Å². The van der Waals surface area contributed by atoms with Crippen LogP contribution in [-0.4, -0.2) is 59.7 Å². The molecule has 40 heavy (non-hydrogen) atoms. The number of benzene rings is 2. The molecular weight excluding hydrogens is 554 g/mol. The summed E-state index contributed by atoms with van der Waals surface area (Å²) >= 11 is 0. The average molecular weight is 586 g/mol. The van der Waals surface area contributed by atoms with Crippen molar-refractivity contribution in [3.05, 3.63) is 72.7 Å². The molecule has 0 bridgehead atoms. The number of pyridine rings is 1. The number of nitrogens with zero attached hydrogens (tertiary/aromatic N) is 3. The molecule has 4 aromatic rings. The molecule has 11 heteroatoms. The van der Waals surface area contributed by atoms with E-state index in [2.05, 4.69) is 4.98 Å². The lowest BCUT2D eigenvalue weighted by molar-refractivity contribution is -0.137. The third-order valence-corrected chi connectivity index (χ3v) is 8.83. The number of aliphatic carboxylic acids is 1. The Kier molecular flexibility index (Phi) is 8.72. The van der Waals surface area contributed by atoms with Crippen LogP contribution >= 0.6 is 12.4 Å². The highest BCUT2D eigenvalue weighted by molar-refractivity contribution is 7.89. The maximum Gasteiger partial charge on any atom is 0.323 e. The zero-order chi connectivity index (χ0) is 27.7. The summed E-state index contributed by atoms with van der Waals surface area (Å²) < 4.78 is 41.2. The van der Waals surface area contributed by atoms with E-state index in [0.29, 0.717) is 31.0 Å². The molecule has 0 amide bonds. The molecule has 0 spiro atoms. The highest BCUT2D eigenvalue weighted by Gasteiger charge is 2.34. The van der Waals surface area contributed by atoms with Gasteiger partial charge in [0.25, 0.3) is 0 Å². The lowest BCUT2D eigenvalue weighted by Crippen LogP contribution is -2.28. The van der Waals surface area contributed by atoms with Crippen LogP contribution in [0.4, 0.5) is 0 Å². The van der Waals surface area contributed by atoms with Crippen LogP contribution in [-0.2, 0) is 21.4 Å². The fraction of sp³-hybridized carbons (Fsp3) is 0.310. The molecule has 2 aromatic carbocycles. The van der Waals surface area contributed by atoms with E-state index in [9.17, 15) is 18.3 Å². The zero-order valence-electron chi connectivity index (χ0n) is 22.5. The van der Waals surface area contributed by atoms with Gasteiger partial charge in [0.15, 0.2) is 0 Å². The van der Waals surface area contributed by atoms with E-state index in [-0.39, 0.29) is 35.9 Å². The number of sulfonamides is 1. The van der Waals surface area contributed by atoms with Gasteiger partial charge in [0.1, 0.15) is 18.0 Å². The molecule has 1 unspecified atom stereocenters. The molecule has 1 saturated heterocycles. The Morgan fingerprint density at radius 3 is 2.58 bits per heavy atom. The van der Waals surface area contributed by atoms with E-state index in [0.717, 1.165) is 27.6 Å². The number of methoxy groups -OCH3 is 1. The summed E-state index contributed by atoms with van der Waals surface area (Å²) in [6.45, 7) is 4.33. The summed E-state index contributed by atoms with van der Waals surface area (Å²) in [7, 11) is -2.09. The molecule has 0 aliphatic carbocycles. The Bertz CT molecular complexity index is 1620. The van der Waals surface area contributed by atoms with Crippen molar-refractivity contribution in [2.45, 2.75) is 43.7 Å². The van der Waals surface area contributed by atoms with Gasteiger partial charge in [0, 0.05) is 54.1 Å². The molecule has 0 radical (unpaired) electrons. The van der Waals surface area contributed by atoms with Crippen molar-refractivity contribution in [1.29, 1.82) is 0 Å². The lowest BCUT2D eigenvalue weighted by Gasteiger charge is -2.17. The van der Waals surface area contributed by atoms with Crippen LogP contribution in [0.2, 0.25) is 0 Å². The molecule has 9 nitrogen and oxygen atoms in total. The summed E-state index contributed by atoms with van der Waals surface area (Å²) in [5.41, 5.74) is 3.35. The van der Waals surface area contributed by atoms with Crippen molar-refractivity contribution in [3.8, 4) is 22.6 Å². The number of fused-ring (bicyclic) bond motifs is 1. The van der Waals surface area contributed by atoms with Gasteiger partial charge < -0.3 is 19.1 Å². The number of rotatable bonds is 9. The van der Waals surface area contributed by atoms with Gasteiger partial charge in [0.2, 0.25) is 10.0 Å². The Morgan fingerprint density at radius 2 is 1.90 bits per heavy atom. The molecule has 3 heterocycles. The molecule has 2 aromatic heterocycles. The van der Waals surface area contributed by atoms with Crippen molar-refractivity contribution in [3.63, 3.8) is 0 Å². The molecule has 1 atom stereocenters. The lowest BCUT2D eigenvalue weighted by atomic mass is 9.96. The Hall–Kier alpha value is -3.60. The fourth-order valence-electron chi connectivity index (χ4n) is 5.18. The predicted octanol–water partition coefficient (Wildman–Crippen LogP) is 5.18. The van der Waals surface area contributed by atoms with E-state index in [1.165, 1.54) is 4.31 Å². The molecule has 1 N–H and O–H groups in total. The number of hydrogen-bond donors (Lipinski definition) is 1. The van der Waals surface area contributed by atoms with Crippen LogP contribution in [0.1, 0.15) is 31.7 Å². The van der Waals surface area contributed by atoms with Gasteiger partial charge in [0.05, 0.1) is 18.1 Å². The van der Waals surface area contributed by atoms with E-state index in [4.69, 9.17) is 9.47 Å². The van der Waals surface area contributed by atoms with Crippen LogP contribution in [0.15, 0.2) is 72.0 Å². The van der Waals surface area contributed by atoms with Crippen molar-refractivity contribution < 1.29 is 27.8 Å². The summed E-state index contributed by atoms with van der Waals surface area (Å²) in [6.07, 6.45) is 5.85. The van der Waals surface area contributed by atoms with Gasteiger partial charge in [-0.05, 0) is 67.8 Å². The molecular formula is C29H32ClN3O6S. The number of carboxylic acids is 1. The monoisotopic (exact) mass is 585 g/mol. The van der Waals surface area contributed by atoms with E-state index in [1.807, 2.05) is 38.2 Å². The minimum absolute atomic E-state index is 0. The number of carboxylic acid groups (broad SMARTS) is 1. The van der Waals surface area contributed by atoms with Crippen molar-refractivity contribution >= 4 is 39.3 Å². The maximum absolute atomic E-state index is 13.4. The van der Waals surface area contributed by atoms with Crippen LogP contribution < -0.4 is 9.47 Å². The molecule has 1 aliphatic heterocycles. The van der Waals surface area contributed by atoms with E-state index < -0.39 is 16.0 Å². The van der Waals surface area contributed by atoms with Gasteiger partial charge >= 0.3 is 5.97 Å². The summed E-state index contributed by atoms with van der Waals surface area (Å²) in [5, 5.41) is 10.5. The van der Waals surface area contributed by atoms with Gasteiger partial charge in [-0.15, -0.1) is 12.4 Å². The summed E-state index contributed by atoms with van der Waals surface area (Å²) in [6, 6.07) is 14.1. The fourth-order valence-corrected chi connectivity index (χ4v) is 6.68. The molecule has 1 fully saturated rings. The second-order valence-electron chi connectivity index (χ2n) is 9.90. The van der Waals surface area contributed by atoms with Crippen LogP contribution in [0.3, 0.4) is 0 Å². The minimum Gasteiger partial charge on any atom is -0.496 e. The Morgan fingerprint density at radius 1 is 1.15 bits per heavy atom. The Balaban J connectivity index is 0.00000370. The first-order valence-corrected chi connectivity index (χ1v) is 14.2. The van der Waals surface area contributed by atoms with Crippen molar-refractivity contribution in [2.75, 3.05) is 20.2 Å². The highest BCUT2D eigenvalue weighted by Crippen LogP contribution is 2.38. The largest absolute Gasteiger partial charge is 0.496 e. The quantitative estimate of drug-likeness (QED) is 0.288. The van der Waals surface area contributed by atoms with E-state index in [1.54, 1.807) is 54.4 Å². The number of ether oxygens (including phenoxy) is 2. The third-order valence-electron chi connectivity index (χ3n) is 6.95. The van der Waals surface area contributed by atoms with Gasteiger partial charge in [-0.2, -0.15) is 4.31 Å². The number of aromatic nitrogens is 2. The SMILES string of the molecule is COc1ccncc1-c1ccc2c(C3CCN(S(=O)(=O)c4ccc(OC(C)C)cc4)C3)cn(CC(=O)O)c2c1.Cl. The average Bonchev–Trinajstić information content (AvgIpc) is 3.54. The number of halogens is 1. The van der Waals surface area contributed by atoms with Crippen LogP contribution in [0.25, 0.3) is 22.0 Å². The van der Waals surface area contributed by atoms with Crippen LogP contribution in [0.5, 0.6) is 11.5 Å². The highest BCUT2D eigenvalue weighted by atomic mass is 35.5. The Labute approximate surface area is 239 Å². The first-order valence-electron chi connectivity index (χ1n) is 12.8. The summed E-state index contributed by atoms with van der Waals surface area (Å²) in [4.78, 5) is 16.1.